The number of aryl methyl sites for hydroxylation is 1. The first-order valence-corrected chi connectivity index (χ1v) is 12.1. The molecule has 33 heavy (non-hydrogen) atoms. The fraction of sp³-hybridized carbons (Fsp3) is 0.346. The lowest BCUT2D eigenvalue weighted by Crippen LogP contribution is -2.08. The largest absolute Gasteiger partial charge is 0.423 e. The molecule has 0 amide bonds. The third-order valence-corrected chi connectivity index (χ3v) is 6.59. The highest BCUT2D eigenvalue weighted by atomic mass is 32.2. The van der Waals surface area contributed by atoms with Gasteiger partial charge in [-0.1, -0.05) is 51.6 Å². The van der Waals surface area contributed by atoms with Gasteiger partial charge < -0.3 is 8.98 Å². The maximum Gasteiger partial charge on any atom is 0.336 e. The molecule has 0 saturated heterocycles. The van der Waals surface area contributed by atoms with Crippen LogP contribution in [0.2, 0.25) is 0 Å². The van der Waals surface area contributed by atoms with Gasteiger partial charge in [-0.05, 0) is 59.7 Å². The molecule has 0 aliphatic rings. The Morgan fingerprint density at radius 3 is 2.55 bits per heavy atom. The van der Waals surface area contributed by atoms with E-state index in [1.54, 1.807) is 24.3 Å². The zero-order valence-electron chi connectivity index (χ0n) is 19.6. The number of fused-ring (bicyclic) bond motifs is 1. The number of rotatable bonds is 7. The van der Waals surface area contributed by atoms with Crippen molar-refractivity contribution < 1.29 is 8.81 Å². The Balaban J connectivity index is 1.73. The van der Waals surface area contributed by atoms with Crippen molar-refractivity contribution in [3.63, 3.8) is 0 Å². The van der Waals surface area contributed by atoms with Crippen molar-refractivity contribution in [1.29, 1.82) is 0 Å². The van der Waals surface area contributed by atoms with Crippen molar-refractivity contribution >= 4 is 22.7 Å². The molecule has 2 heterocycles. The number of aromatic nitrogens is 3. The molecule has 2 aromatic heterocycles. The summed E-state index contributed by atoms with van der Waals surface area (Å²) in [6.07, 6.45) is 0. The molecule has 0 N–H and O–H groups in total. The fourth-order valence-electron chi connectivity index (χ4n) is 4.04. The first-order chi connectivity index (χ1) is 15.7. The van der Waals surface area contributed by atoms with Gasteiger partial charge in [0.05, 0.1) is 5.56 Å². The molecule has 5 nitrogen and oxygen atoms in total. The molecule has 4 aromatic rings. The second-order valence-corrected chi connectivity index (χ2v) is 9.97. The SMILES string of the molecule is Cc1cc2oc(=O)cc(CSc3nnc(-c4ccccc4F)n3CC(C)C)c2cc1C(C)C. The Morgan fingerprint density at radius 1 is 1.09 bits per heavy atom. The number of benzene rings is 2. The molecule has 0 spiro atoms. The lowest BCUT2D eigenvalue weighted by molar-refractivity contribution is 0.496. The van der Waals surface area contributed by atoms with E-state index in [1.807, 2.05) is 17.6 Å². The number of halogens is 1. The summed E-state index contributed by atoms with van der Waals surface area (Å²) in [4.78, 5) is 12.2. The summed E-state index contributed by atoms with van der Waals surface area (Å²) >= 11 is 1.49. The number of thioether (sulfide) groups is 1. The van der Waals surface area contributed by atoms with E-state index in [2.05, 4.69) is 44.0 Å². The third-order valence-electron chi connectivity index (χ3n) is 5.57. The van der Waals surface area contributed by atoms with Gasteiger partial charge in [-0.15, -0.1) is 10.2 Å². The molecular weight excluding hydrogens is 437 g/mol. The van der Waals surface area contributed by atoms with Gasteiger partial charge in [-0.3, -0.25) is 0 Å². The molecule has 172 valence electrons. The quantitative estimate of drug-likeness (QED) is 0.228. The van der Waals surface area contributed by atoms with Gasteiger partial charge in [-0.2, -0.15) is 0 Å². The molecule has 0 fully saturated rings. The summed E-state index contributed by atoms with van der Waals surface area (Å²) < 4.78 is 21.9. The Kier molecular flexibility index (Phi) is 6.70. The lowest BCUT2D eigenvalue weighted by Gasteiger charge is -2.14. The van der Waals surface area contributed by atoms with Crippen LogP contribution >= 0.6 is 11.8 Å². The summed E-state index contributed by atoms with van der Waals surface area (Å²) in [5, 5.41) is 10.3. The van der Waals surface area contributed by atoms with Gasteiger partial charge >= 0.3 is 5.63 Å². The highest BCUT2D eigenvalue weighted by molar-refractivity contribution is 7.98. The maximum absolute atomic E-state index is 14.5. The van der Waals surface area contributed by atoms with Crippen LogP contribution in [-0.2, 0) is 12.3 Å². The second-order valence-electron chi connectivity index (χ2n) is 9.03. The molecule has 0 aliphatic heterocycles. The standard InChI is InChI=1S/C26H28FN3O2S/c1-15(2)13-30-25(19-8-6-7-9-22(19)27)28-29-26(30)33-14-18-11-24(31)32-23-10-17(5)20(16(3)4)12-21(18)23/h6-12,15-16H,13-14H2,1-5H3. The normalized spacial score (nSPS) is 11.8. The topological polar surface area (TPSA) is 60.9 Å². The van der Waals surface area contributed by atoms with Crippen LogP contribution in [0, 0.1) is 18.7 Å². The lowest BCUT2D eigenvalue weighted by atomic mass is 9.95. The van der Waals surface area contributed by atoms with Gasteiger partial charge in [0, 0.05) is 23.8 Å². The number of hydrogen-bond acceptors (Lipinski definition) is 5. The van der Waals surface area contributed by atoms with Crippen LogP contribution < -0.4 is 5.63 Å². The van der Waals surface area contributed by atoms with Crippen LogP contribution in [0.15, 0.2) is 56.8 Å². The molecule has 0 unspecified atom stereocenters. The molecule has 2 aromatic carbocycles. The van der Waals surface area contributed by atoms with Crippen molar-refractivity contribution in [2.75, 3.05) is 0 Å². The Labute approximate surface area is 197 Å². The Bertz CT molecular complexity index is 1360. The Morgan fingerprint density at radius 2 is 1.85 bits per heavy atom. The van der Waals surface area contributed by atoms with E-state index >= 15 is 0 Å². The average molecular weight is 466 g/mol. The van der Waals surface area contributed by atoms with E-state index in [-0.39, 0.29) is 11.4 Å². The minimum atomic E-state index is -0.370. The molecular formula is C26H28FN3O2S. The second kappa shape index (κ2) is 9.51. The summed E-state index contributed by atoms with van der Waals surface area (Å²) in [6.45, 7) is 11.2. The van der Waals surface area contributed by atoms with Crippen LogP contribution in [0.25, 0.3) is 22.4 Å². The average Bonchev–Trinajstić information content (AvgIpc) is 3.13. The van der Waals surface area contributed by atoms with Gasteiger partial charge in [-0.25, -0.2) is 9.18 Å². The van der Waals surface area contributed by atoms with E-state index in [0.717, 1.165) is 16.5 Å². The molecule has 0 bridgehead atoms. The number of nitrogens with zero attached hydrogens (tertiary/aromatic N) is 3. The highest BCUT2D eigenvalue weighted by Crippen LogP contribution is 2.32. The van der Waals surface area contributed by atoms with Crippen molar-refractivity contribution in [3.05, 3.63) is 75.4 Å². The van der Waals surface area contributed by atoms with Crippen molar-refractivity contribution in [3.8, 4) is 11.4 Å². The van der Waals surface area contributed by atoms with Crippen LogP contribution in [0.4, 0.5) is 4.39 Å². The first kappa shape index (κ1) is 23.2. The monoisotopic (exact) mass is 465 g/mol. The zero-order valence-corrected chi connectivity index (χ0v) is 20.4. The van der Waals surface area contributed by atoms with Crippen LogP contribution in [0.5, 0.6) is 0 Å². The zero-order chi connectivity index (χ0) is 23.7. The predicted octanol–water partition coefficient (Wildman–Crippen LogP) is 6.57. The molecule has 0 atom stereocenters. The van der Waals surface area contributed by atoms with Crippen LogP contribution in [0.3, 0.4) is 0 Å². The molecule has 4 rings (SSSR count). The Hall–Kier alpha value is -2.93. The molecule has 7 heteroatoms. The van der Waals surface area contributed by atoms with Gasteiger partial charge in [0.25, 0.3) is 0 Å². The van der Waals surface area contributed by atoms with Gasteiger partial charge in [0.15, 0.2) is 11.0 Å². The van der Waals surface area contributed by atoms with Crippen LogP contribution in [-0.4, -0.2) is 14.8 Å². The summed E-state index contributed by atoms with van der Waals surface area (Å²) in [5.41, 5.74) is 3.88. The number of hydrogen-bond donors (Lipinski definition) is 0. The third kappa shape index (κ3) is 4.88. The maximum atomic E-state index is 14.5. The first-order valence-electron chi connectivity index (χ1n) is 11.1. The van der Waals surface area contributed by atoms with Gasteiger partial charge in [0.2, 0.25) is 0 Å². The van der Waals surface area contributed by atoms with Crippen molar-refractivity contribution in [2.45, 2.75) is 58.0 Å². The van der Waals surface area contributed by atoms with E-state index in [9.17, 15) is 9.18 Å². The highest BCUT2D eigenvalue weighted by Gasteiger charge is 2.19. The minimum Gasteiger partial charge on any atom is -0.423 e. The van der Waals surface area contributed by atoms with Crippen LogP contribution in [0.1, 0.15) is 50.3 Å². The van der Waals surface area contributed by atoms with E-state index < -0.39 is 0 Å². The fourth-order valence-corrected chi connectivity index (χ4v) is 4.98. The van der Waals surface area contributed by atoms with E-state index in [4.69, 9.17) is 4.42 Å². The predicted molar refractivity (Wildman–Crippen MR) is 131 cm³/mol. The van der Waals surface area contributed by atoms with Crippen molar-refractivity contribution in [1.82, 2.24) is 14.8 Å². The minimum absolute atomic E-state index is 0.324. The van der Waals surface area contributed by atoms with E-state index in [0.29, 0.717) is 46.3 Å². The van der Waals surface area contributed by atoms with Crippen molar-refractivity contribution in [2.24, 2.45) is 5.92 Å². The van der Waals surface area contributed by atoms with Gasteiger partial charge in [0.1, 0.15) is 11.4 Å². The molecule has 0 aliphatic carbocycles. The molecule has 0 saturated carbocycles. The summed E-state index contributed by atoms with van der Waals surface area (Å²) in [7, 11) is 0. The summed E-state index contributed by atoms with van der Waals surface area (Å²) in [6, 6.07) is 12.2. The smallest absolute Gasteiger partial charge is 0.336 e. The summed E-state index contributed by atoms with van der Waals surface area (Å²) in [5.74, 6) is 1.40. The van der Waals surface area contributed by atoms with E-state index in [1.165, 1.54) is 23.4 Å². The molecule has 0 radical (unpaired) electrons.